The monoisotopic (exact) mass is 400 g/mol. The highest BCUT2D eigenvalue weighted by atomic mass is 32.1. The van der Waals surface area contributed by atoms with Crippen LogP contribution in [0.25, 0.3) is 0 Å². The fraction of sp³-hybridized carbons (Fsp3) is 0.0870. The average molecular weight is 401 g/mol. The molecule has 2 N–H and O–H groups in total. The van der Waals surface area contributed by atoms with Crippen molar-refractivity contribution in [2.24, 2.45) is 0 Å². The number of hydrogen-bond donors (Lipinski definition) is 2. The van der Waals surface area contributed by atoms with Gasteiger partial charge in [0.05, 0.1) is 5.92 Å². The second-order valence-electron chi connectivity index (χ2n) is 6.64. The third-order valence-corrected chi connectivity index (χ3v) is 5.39. The first-order chi connectivity index (χ1) is 14.2. The second kappa shape index (κ2) is 8.67. The number of aromatic nitrogens is 2. The molecule has 0 aliphatic rings. The van der Waals surface area contributed by atoms with Gasteiger partial charge in [-0.15, -0.1) is 10.2 Å². The highest BCUT2D eigenvalue weighted by Crippen LogP contribution is 2.34. The molecule has 0 bridgehead atoms. The van der Waals surface area contributed by atoms with Gasteiger partial charge in [0.1, 0.15) is 5.01 Å². The minimum absolute atomic E-state index is 0.0365. The first-order valence-electron chi connectivity index (χ1n) is 9.27. The summed E-state index contributed by atoms with van der Waals surface area (Å²) < 4.78 is 0. The first-order valence-corrected chi connectivity index (χ1v) is 10.1. The Hall–Kier alpha value is -3.51. The van der Waals surface area contributed by atoms with E-state index in [0.29, 0.717) is 5.13 Å². The van der Waals surface area contributed by atoms with Crippen LogP contribution < -0.4 is 10.6 Å². The van der Waals surface area contributed by atoms with Crippen molar-refractivity contribution in [3.63, 3.8) is 0 Å². The largest absolute Gasteiger partial charge is 0.325 e. The summed E-state index contributed by atoms with van der Waals surface area (Å²) in [7, 11) is 0. The fourth-order valence-electron chi connectivity index (χ4n) is 3.07. The van der Waals surface area contributed by atoms with Crippen LogP contribution in [-0.4, -0.2) is 16.2 Å². The molecule has 0 fully saturated rings. The highest BCUT2D eigenvalue weighted by molar-refractivity contribution is 7.15. The van der Waals surface area contributed by atoms with Gasteiger partial charge >= 0.3 is 6.03 Å². The van der Waals surface area contributed by atoms with Gasteiger partial charge in [-0.05, 0) is 30.2 Å². The predicted molar refractivity (Wildman–Crippen MR) is 118 cm³/mol. The van der Waals surface area contributed by atoms with E-state index in [2.05, 4.69) is 45.1 Å². The lowest BCUT2D eigenvalue weighted by atomic mass is 9.92. The topological polar surface area (TPSA) is 66.9 Å². The van der Waals surface area contributed by atoms with Crippen molar-refractivity contribution in [2.45, 2.75) is 12.8 Å². The molecule has 0 saturated carbocycles. The highest BCUT2D eigenvalue weighted by Gasteiger charge is 2.21. The molecule has 29 heavy (non-hydrogen) atoms. The number of carbonyl (C=O) groups is 1. The van der Waals surface area contributed by atoms with Gasteiger partial charge in [-0.2, -0.15) is 0 Å². The van der Waals surface area contributed by atoms with Crippen LogP contribution >= 0.6 is 11.3 Å². The third kappa shape index (κ3) is 4.67. The van der Waals surface area contributed by atoms with Crippen LogP contribution in [0.2, 0.25) is 0 Å². The van der Waals surface area contributed by atoms with Crippen LogP contribution in [0.3, 0.4) is 0 Å². The van der Waals surface area contributed by atoms with E-state index in [0.717, 1.165) is 27.4 Å². The molecule has 144 valence electrons. The Balaban J connectivity index is 1.54. The lowest BCUT2D eigenvalue weighted by Crippen LogP contribution is -2.19. The predicted octanol–water partition coefficient (Wildman–Crippen LogP) is 5.67. The molecule has 0 unspecified atom stereocenters. The maximum atomic E-state index is 12.3. The molecule has 5 nitrogen and oxygen atoms in total. The zero-order chi connectivity index (χ0) is 20.1. The standard InChI is InChI=1S/C23H20N4OS/c1-16-12-14-19(15-13-16)24-22(28)25-23-27-26-21(29-23)20(17-8-4-2-5-9-17)18-10-6-3-7-11-18/h2-15,20H,1H3,(H2,24,25,27,28). The van der Waals surface area contributed by atoms with E-state index in [4.69, 9.17) is 0 Å². The summed E-state index contributed by atoms with van der Waals surface area (Å²) in [5.41, 5.74) is 4.12. The maximum Gasteiger partial charge on any atom is 0.325 e. The quantitative estimate of drug-likeness (QED) is 0.453. The zero-order valence-electron chi connectivity index (χ0n) is 15.9. The average Bonchev–Trinajstić information content (AvgIpc) is 3.19. The molecule has 3 aromatic carbocycles. The molecule has 0 spiro atoms. The van der Waals surface area contributed by atoms with Crippen molar-refractivity contribution in [3.05, 3.63) is 107 Å². The van der Waals surface area contributed by atoms with Gasteiger partial charge in [-0.1, -0.05) is 89.7 Å². The van der Waals surface area contributed by atoms with Gasteiger partial charge in [-0.25, -0.2) is 4.79 Å². The van der Waals surface area contributed by atoms with Crippen LogP contribution in [0.4, 0.5) is 15.6 Å². The van der Waals surface area contributed by atoms with Crippen molar-refractivity contribution in [1.82, 2.24) is 10.2 Å². The SMILES string of the molecule is Cc1ccc(NC(=O)Nc2nnc(C(c3ccccc3)c3ccccc3)s2)cc1. The molecular weight excluding hydrogens is 380 g/mol. The van der Waals surface area contributed by atoms with Gasteiger partial charge in [0.2, 0.25) is 5.13 Å². The molecule has 6 heteroatoms. The number of carbonyl (C=O) groups excluding carboxylic acids is 1. The van der Waals surface area contributed by atoms with Crippen LogP contribution in [0.5, 0.6) is 0 Å². The Morgan fingerprint density at radius 1 is 0.793 bits per heavy atom. The number of rotatable bonds is 5. The van der Waals surface area contributed by atoms with Gasteiger partial charge in [-0.3, -0.25) is 5.32 Å². The van der Waals surface area contributed by atoms with Crippen molar-refractivity contribution in [1.29, 1.82) is 0 Å². The first kappa shape index (κ1) is 18.8. The van der Waals surface area contributed by atoms with Gasteiger partial charge in [0.25, 0.3) is 0 Å². The molecule has 0 aliphatic carbocycles. The lowest BCUT2D eigenvalue weighted by Gasteiger charge is -2.14. The van der Waals surface area contributed by atoms with E-state index >= 15 is 0 Å². The molecule has 0 aliphatic heterocycles. The van der Waals surface area contributed by atoms with E-state index in [1.165, 1.54) is 11.3 Å². The fourth-order valence-corrected chi connectivity index (χ4v) is 3.96. The summed E-state index contributed by atoms with van der Waals surface area (Å²) in [5, 5.41) is 15.4. The molecule has 0 atom stereocenters. The lowest BCUT2D eigenvalue weighted by molar-refractivity contribution is 0.262. The van der Waals surface area contributed by atoms with Crippen LogP contribution in [-0.2, 0) is 0 Å². The van der Waals surface area contributed by atoms with Gasteiger partial charge in [0.15, 0.2) is 0 Å². The molecule has 4 aromatic rings. The molecule has 1 aromatic heterocycles. The number of hydrogen-bond acceptors (Lipinski definition) is 4. The second-order valence-corrected chi connectivity index (χ2v) is 7.65. The molecule has 2 amide bonds. The number of nitrogens with zero attached hydrogens (tertiary/aromatic N) is 2. The summed E-state index contributed by atoms with van der Waals surface area (Å²) >= 11 is 1.38. The maximum absolute atomic E-state index is 12.3. The molecule has 0 saturated heterocycles. The molecule has 4 rings (SSSR count). The van der Waals surface area contributed by atoms with Gasteiger partial charge < -0.3 is 5.32 Å². The number of nitrogens with one attached hydrogen (secondary N) is 2. The number of amides is 2. The third-order valence-electron chi connectivity index (χ3n) is 4.48. The zero-order valence-corrected chi connectivity index (χ0v) is 16.7. The normalized spacial score (nSPS) is 10.7. The number of urea groups is 1. The summed E-state index contributed by atoms with van der Waals surface area (Å²) in [5.74, 6) is -0.0365. The Labute approximate surface area is 173 Å². The smallest absolute Gasteiger partial charge is 0.308 e. The number of aryl methyl sites for hydroxylation is 1. The van der Waals surface area contributed by atoms with Crippen molar-refractivity contribution >= 4 is 28.2 Å². The number of benzene rings is 3. The van der Waals surface area contributed by atoms with Crippen molar-refractivity contribution in [3.8, 4) is 0 Å². The molecular formula is C23H20N4OS. The van der Waals surface area contributed by atoms with Crippen LogP contribution in [0.15, 0.2) is 84.9 Å². The minimum atomic E-state index is -0.340. The molecule has 0 radical (unpaired) electrons. The van der Waals surface area contributed by atoms with E-state index in [1.54, 1.807) is 0 Å². The Morgan fingerprint density at radius 2 is 1.38 bits per heavy atom. The van der Waals surface area contributed by atoms with Crippen molar-refractivity contribution in [2.75, 3.05) is 10.6 Å². The summed E-state index contributed by atoms with van der Waals surface area (Å²) in [6.45, 7) is 2.00. The summed E-state index contributed by atoms with van der Waals surface area (Å²) in [4.78, 5) is 12.3. The van der Waals surface area contributed by atoms with E-state index < -0.39 is 0 Å². The Morgan fingerprint density at radius 3 is 1.97 bits per heavy atom. The van der Waals surface area contributed by atoms with E-state index in [9.17, 15) is 4.79 Å². The van der Waals surface area contributed by atoms with Crippen molar-refractivity contribution < 1.29 is 4.79 Å². The van der Waals surface area contributed by atoms with E-state index in [-0.39, 0.29) is 11.9 Å². The Kier molecular flexibility index (Phi) is 5.63. The van der Waals surface area contributed by atoms with E-state index in [1.807, 2.05) is 67.6 Å². The van der Waals surface area contributed by atoms with Gasteiger partial charge in [0, 0.05) is 5.69 Å². The van der Waals surface area contributed by atoms with Crippen LogP contribution in [0, 0.1) is 6.92 Å². The Bertz CT molecular complexity index is 1040. The summed E-state index contributed by atoms with van der Waals surface area (Å²) in [6, 6.07) is 27.6. The minimum Gasteiger partial charge on any atom is -0.308 e. The summed E-state index contributed by atoms with van der Waals surface area (Å²) in [6.07, 6.45) is 0. The van der Waals surface area contributed by atoms with Crippen LogP contribution in [0.1, 0.15) is 27.6 Å². The number of anilines is 2. The molecule has 1 heterocycles.